The summed E-state index contributed by atoms with van der Waals surface area (Å²) < 4.78 is 10.7. The van der Waals surface area contributed by atoms with E-state index in [1.165, 1.54) is 0 Å². The molecule has 33 heavy (non-hydrogen) atoms. The highest BCUT2D eigenvalue weighted by molar-refractivity contribution is 5.97. The molecule has 0 spiro atoms. The summed E-state index contributed by atoms with van der Waals surface area (Å²) in [5.74, 6) is -0.753. The second-order valence-corrected chi connectivity index (χ2v) is 8.72. The molecule has 1 N–H and O–H groups in total. The summed E-state index contributed by atoms with van der Waals surface area (Å²) in [5.41, 5.74) is 4.12. The molecule has 1 atom stereocenters. The number of aromatic amines is 1. The van der Waals surface area contributed by atoms with E-state index in [0.717, 1.165) is 22.4 Å². The van der Waals surface area contributed by atoms with Gasteiger partial charge in [0.1, 0.15) is 11.3 Å². The number of carbonyl (C=O) groups excluding carboxylic acids is 2. The number of H-pyrrole nitrogens is 1. The van der Waals surface area contributed by atoms with Gasteiger partial charge < -0.3 is 14.5 Å². The Balaban J connectivity index is 1.91. The van der Waals surface area contributed by atoms with Gasteiger partial charge in [-0.25, -0.2) is 9.59 Å². The Bertz CT molecular complexity index is 1130. The molecule has 5 nitrogen and oxygen atoms in total. The maximum Gasteiger partial charge on any atom is 0.354 e. The fourth-order valence-corrected chi connectivity index (χ4v) is 3.62. The lowest BCUT2D eigenvalue weighted by Gasteiger charge is -2.20. The lowest BCUT2D eigenvalue weighted by molar-refractivity contribution is 0.00702. The van der Waals surface area contributed by atoms with E-state index in [1.54, 1.807) is 19.1 Å². The lowest BCUT2D eigenvalue weighted by Crippen LogP contribution is -2.24. The SMILES string of the molecule is CC=CC(c1ccc(-c2ccccc2C(=O)OC(C)(C)C)cc1)c1ccc(C(=O)OCC)[nH]1. The van der Waals surface area contributed by atoms with Gasteiger partial charge in [-0.05, 0) is 69.5 Å². The largest absolute Gasteiger partial charge is 0.461 e. The van der Waals surface area contributed by atoms with Crippen molar-refractivity contribution in [1.29, 1.82) is 0 Å². The number of hydrogen-bond acceptors (Lipinski definition) is 4. The van der Waals surface area contributed by atoms with E-state index < -0.39 is 5.60 Å². The molecular weight excluding hydrogens is 414 g/mol. The van der Waals surface area contributed by atoms with Crippen molar-refractivity contribution in [3.05, 3.63) is 95.3 Å². The minimum atomic E-state index is -0.563. The molecule has 0 amide bonds. The van der Waals surface area contributed by atoms with Crippen molar-refractivity contribution in [2.75, 3.05) is 6.61 Å². The number of benzene rings is 2. The Morgan fingerprint density at radius 3 is 2.30 bits per heavy atom. The first kappa shape index (κ1) is 24.1. The summed E-state index contributed by atoms with van der Waals surface area (Å²) in [7, 11) is 0. The van der Waals surface area contributed by atoms with Crippen LogP contribution >= 0.6 is 0 Å². The van der Waals surface area contributed by atoms with E-state index in [0.29, 0.717) is 17.9 Å². The summed E-state index contributed by atoms with van der Waals surface area (Å²) in [6, 6.07) is 19.2. The molecule has 0 aliphatic carbocycles. The number of hydrogen-bond donors (Lipinski definition) is 1. The van der Waals surface area contributed by atoms with Crippen LogP contribution in [0.3, 0.4) is 0 Å². The van der Waals surface area contributed by atoms with Crippen molar-refractivity contribution in [1.82, 2.24) is 4.98 Å². The molecule has 0 aliphatic heterocycles. The van der Waals surface area contributed by atoms with Crippen LogP contribution < -0.4 is 0 Å². The average molecular weight is 446 g/mol. The molecule has 0 saturated heterocycles. The highest BCUT2D eigenvalue weighted by atomic mass is 16.6. The number of ether oxygens (including phenoxy) is 2. The second kappa shape index (κ2) is 10.3. The number of rotatable bonds is 7. The quantitative estimate of drug-likeness (QED) is 0.332. The monoisotopic (exact) mass is 445 g/mol. The number of allylic oxidation sites excluding steroid dienone is 2. The Morgan fingerprint density at radius 2 is 1.67 bits per heavy atom. The molecule has 172 valence electrons. The van der Waals surface area contributed by atoms with Crippen LogP contribution in [0.1, 0.15) is 72.6 Å². The van der Waals surface area contributed by atoms with Crippen LogP contribution in [0.4, 0.5) is 0 Å². The Morgan fingerprint density at radius 1 is 0.970 bits per heavy atom. The molecule has 0 radical (unpaired) electrons. The summed E-state index contributed by atoms with van der Waals surface area (Å²) in [4.78, 5) is 28.0. The van der Waals surface area contributed by atoms with Crippen molar-refractivity contribution in [3.8, 4) is 11.1 Å². The van der Waals surface area contributed by atoms with Crippen molar-refractivity contribution >= 4 is 11.9 Å². The highest BCUT2D eigenvalue weighted by Gasteiger charge is 2.21. The standard InChI is InChI=1S/C28H31NO4/c1-6-10-22(24-17-18-25(29-24)27(31)32-7-2)20-15-13-19(14-16-20)21-11-8-9-12-23(21)26(30)33-28(3,4)5/h6,8-18,22,29H,7H2,1-5H3. The number of carbonyl (C=O) groups is 2. The van der Waals surface area contributed by atoms with Gasteiger partial charge in [0.25, 0.3) is 0 Å². The Labute approximate surface area is 195 Å². The predicted octanol–water partition coefficient (Wildman–Crippen LogP) is 6.52. The third-order valence-corrected chi connectivity index (χ3v) is 5.05. The van der Waals surface area contributed by atoms with Gasteiger partial charge >= 0.3 is 11.9 Å². The van der Waals surface area contributed by atoms with Crippen LogP contribution in [0.2, 0.25) is 0 Å². The molecule has 0 aliphatic rings. The van der Waals surface area contributed by atoms with E-state index >= 15 is 0 Å². The molecule has 1 aromatic heterocycles. The fourth-order valence-electron chi connectivity index (χ4n) is 3.62. The zero-order valence-electron chi connectivity index (χ0n) is 19.8. The van der Waals surface area contributed by atoms with E-state index in [2.05, 4.69) is 11.1 Å². The zero-order valence-corrected chi connectivity index (χ0v) is 19.8. The van der Waals surface area contributed by atoms with Crippen molar-refractivity contribution in [2.24, 2.45) is 0 Å². The Hall–Kier alpha value is -3.60. The van der Waals surface area contributed by atoms with E-state index in [4.69, 9.17) is 9.47 Å². The first-order valence-corrected chi connectivity index (χ1v) is 11.1. The van der Waals surface area contributed by atoms with Crippen molar-refractivity contribution < 1.29 is 19.1 Å². The smallest absolute Gasteiger partial charge is 0.354 e. The lowest BCUT2D eigenvalue weighted by atomic mass is 9.92. The van der Waals surface area contributed by atoms with Crippen LogP contribution in [0.25, 0.3) is 11.1 Å². The molecule has 0 bridgehead atoms. The van der Waals surface area contributed by atoms with E-state index in [-0.39, 0.29) is 17.9 Å². The summed E-state index contributed by atoms with van der Waals surface area (Å²) in [6.07, 6.45) is 4.06. The molecule has 0 saturated carbocycles. The average Bonchev–Trinajstić information content (AvgIpc) is 3.27. The molecular formula is C28H31NO4. The molecule has 3 aromatic rings. The van der Waals surface area contributed by atoms with Crippen LogP contribution in [-0.2, 0) is 9.47 Å². The van der Waals surface area contributed by atoms with Gasteiger partial charge in [0.05, 0.1) is 12.2 Å². The molecule has 0 fully saturated rings. The topological polar surface area (TPSA) is 68.4 Å². The van der Waals surface area contributed by atoms with Gasteiger partial charge in [-0.3, -0.25) is 0 Å². The molecule has 2 aromatic carbocycles. The second-order valence-electron chi connectivity index (χ2n) is 8.72. The van der Waals surface area contributed by atoms with Crippen molar-refractivity contribution in [2.45, 2.75) is 46.1 Å². The summed E-state index contributed by atoms with van der Waals surface area (Å²) in [5, 5.41) is 0. The fraction of sp³-hybridized carbons (Fsp3) is 0.286. The van der Waals surface area contributed by atoms with E-state index in [9.17, 15) is 9.59 Å². The summed E-state index contributed by atoms with van der Waals surface area (Å²) in [6.45, 7) is 9.66. The maximum atomic E-state index is 12.7. The normalized spacial score (nSPS) is 12.5. The van der Waals surface area contributed by atoms with Gasteiger partial charge in [-0.2, -0.15) is 0 Å². The first-order valence-electron chi connectivity index (χ1n) is 11.1. The number of nitrogens with one attached hydrogen (secondary N) is 1. The minimum Gasteiger partial charge on any atom is -0.461 e. The summed E-state index contributed by atoms with van der Waals surface area (Å²) >= 11 is 0. The molecule has 1 unspecified atom stereocenters. The molecule has 3 rings (SSSR count). The third-order valence-electron chi connectivity index (χ3n) is 5.05. The van der Waals surface area contributed by atoms with Crippen LogP contribution in [0.5, 0.6) is 0 Å². The van der Waals surface area contributed by atoms with Crippen LogP contribution in [0.15, 0.2) is 72.8 Å². The van der Waals surface area contributed by atoms with Gasteiger partial charge in [0.15, 0.2) is 0 Å². The van der Waals surface area contributed by atoms with Gasteiger partial charge in [-0.1, -0.05) is 54.6 Å². The van der Waals surface area contributed by atoms with Crippen LogP contribution in [-0.4, -0.2) is 29.1 Å². The third kappa shape index (κ3) is 6.01. The van der Waals surface area contributed by atoms with Gasteiger partial charge in [0, 0.05) is 11.6 Å². The van der Waals surface area contributed by atoms with E-state index in [1.807, 2.05) is 82.3 Å². The predicted molar refractivity (Wildman–Crippen MR) is 130 cm³/mol. The highest BCUT2D eigenvalue weighted by Crippen LogP contribution is 2.30. The number of aromatic nitrogens is 1. The molecule has 1 heterocycles. The van der Waals surface area contributed by atoms with Crippen LogP contribution in [0, 0.1) is 0 Å². The minimum absolute atomic E-state index is 0.0478. The van der Waals surface area contributed by atoms with Crippen molar-refractivity contribution in [3.63, 3.8) is 0 Å². The molecule has 5 heteroatoms. The Kier molecular flexibility index (Phi) is 7.54. The van der Waals surface area contributed by atoms with Gasteiger partial charge in [0.2, 0.25) is 0 Å². The number of esters is 2. The zero-order chi connectivity index (χ0) is 24.0. The maximum absolute atomic E-state index is 12.7. The van der Waals surface area contributed by atoms with Gasteiger partial charge in [-0.15, -0.1) is 0 Å². The first-order chi connectivity index (χ1) is 15.7.